The minimum Gasteiger partial charge on any atom is -0.351 e. The minimum absolute atomic E-state index is 0.0872. The number of imidazole rings is 1. The molecule has 1 saturated heterocycles. The third-order valence-corrected chi connectivity index (χ3v) is 7.67. The van der Waals surface area contributed by atoms with Crippen molar-refractivity contribution < 1.29 is 14.4 Å². The number of benzene rings is 1. The summed E-state index contributed by atoms with van der Waals surface area (Å²) in [6.45, 7) is 23.6. The maximum absolute atomic E-state index is 12.6. The molecule has 1 aromatic carbocycles. The zero-order valence-electron chi connectivity index (χ0n) is 28.3. The third-order valence-electron chi connectivity index (χ3n) is 7.67. The highest BCUT2D eigenvalue weighted by molar-refractivity contribution is 5.88. The zero-order chi connectivity index (χ0) is 32.4. The summed E-state index contributed by atoms with van der Waals surface area (Å²) in [5.74, 6) is 0.977. The monoisotopic (exact) mass is 598 g/mol. The molecular weight excluding hydrogens is 540 g/mol. The topological polar surface area (TPSA) is 110 Å². The summed E-state index contributed by atoms with van der Waals surface area (Å²) in [4.78, 5) is 46.8. The second-order valence-electron chi connectivity index (χ2n) is 11.8. The number of aryl methyl sites for hydroxylation is 1. The van der Waals surface area contributed by atoms with E-state index in [1.54, 1.807) is 11.1 Å². The molecule has 3 N–H and O–H groups in total. The molecule has 0 aliphatic carbocycles. The van der Waals surface area contributed by atoms with E-state index in [9.17, 15) is 14.4 Å². The van der Waals surface area contributed by atoms with E-state index in [0.717, 1.165) is 38.2 Å². The number of carbonyl (C=O) groups excluding carboxylic acids is 3. The number of Topliss-reactive ketones (excluding diaryl/α,β-unsaturated/α-hetero) is 1. The van der Waals surface area contributed by atoms with Gasteiger partial charge in [0.05, 0.1) is 12.6 Å². The fourth-order valence-corrected chi connectivity index (χ4v) is 4.73. The van der Waals surface area contributed by atoms with Crippen LogP contribution in [-0.2, 0) is 21.5 Å². The van der Waals surface area contributed by atoms with E-state index in [1.165, 1.54) is 11.1 Å². The summed E-state index contributed by atoms with van der Waals surface area (Å²) in [7, 11) is 0. The van der Waals surface area contributed by atoms with Gasteiger partial charge in [-0.1, -0.05) is 85.2 Å². The van der Waals surface area contributed by atoms with Crippen LogP contribution in [0.2, 0.25) is 0 Å². The van der Waals surface area contributed by atoms with E-state index in [-0.39, 0.29) is 23.1 Å². The smallest absolute Gasteiger partial charge is 0.318 e. The first-order chi connectivity index (χ1) is 20.5. The molecule has 0 radical (unpaired) electrons. The van der Waals surface area contributed by atoms with E-state index in [1.807, 2.05) is 20.8 Å². The second kappa shape index (κ2) is 19.9. The first-order valence-corrected chi connectivity index (χ1v) is 16.1. The molecule has 0 saturated carbocycles. The van der Waals surface area contributed by atoms with Crippen molar-refractivity contribution in [3.8, 4) is 0 Å². The lowest BCUT2D eigenvalue weighted by Gasteiger charge is -2.39. The molecule has 3 amide bonds. The molecular formula is C34H58N6O3. The number of ketones is 1. The molecule has 1 fully saturated rings. The van der Waals surface area contributed by atoms with Crippen molar-refractivity contribution in [3.63, 3.8) is 0 Å². The van der Waals surface area contributed by atoms with Crippen molar-refractivity contribution in [2.75, 3.05) is 32.7 Å². The predicted octanol–water partition coefficient (Wildman–Crippen LogP) is 5.94. The van der Waals surface area contributed by atoms with Crippen LogP contribution in [0.25, 0.3) is 0 Å². The summed E-state index contributed by atoms with van der Waals surface area (Å²) in [6, 6.07) is 8.15. The largest absolute Gasteiger partial charge is 0.351 e. The number of nitrogens with one attached hydrogen (secondary N) is 3. The van der Waals surface area contributed by atoms with Crippen LogP contribution in [-0.4, -0.2) is 76.8 Å². The highest BCUT2D eigenvalue weighted by atomic mass is 16.2. The molecule has 43 heavy (non-hydrogen) atoms. The van der Waals surface area contributed by atoms with E-state index >= 15 is 0 Å². The fraction of sp³-hybridized carbons (Fsp3) is 0.647. The number of hydrogen-bond acceptors (Lipinski definition) is 5. The molecule has 1 aliphatic rings. The summed E-state index contributed by atoms with van der Waals surface area (Å²) >= 11 is 0. The van der Waals surface area contributed by atoms with Gasteiger partial charge in [-0.05, 0) is 56.8 Å². The van der Waals surface area contributed by atoms with E-state index in [0.29, 0.717) is 44.7 Å². The maximum Gasteiger partial charge on any atom is 0.318 e. The normalized spacial score (nSPS) is 13.6. The van der Waals surface area contributed by atoms with Gasteiger partial charge in [-0.2, -0.15) is 0 Å². The number of amides is 3. The minimum atomic E-state index is -0.411. The maximum atomic E-state index is 12.6. The van der Waals surface area contributed by atoms with Gasteiger partial charge < -0.3 is 25.4 Å². The Balaban J connectivity index is 0.000000592. The summed E-state index contributed by atoms with van der Waals surface area (Å²) < 4.78 is 0. The van der Waals surface area contributed by atoms with Crippen LogP contribution < -0.4 is 10.6 Å². The SMILES string of the molecule is CC.CCC(=O)C(CCCCN(CC)CC)NC(=O)N1CC(c2cnc(CNC=O)[nH]2)C1.Cc1ccc(C(C)(C)C)cc1. The molecule has 9 heteroatoms. The number of carbonyl (C=O) groups is 3. The first kappa shape index (κ1) is 37.8. The summed E-state index contributed by atoms with van der Waals surface area (Å²) in [5, 5.41) is 5.51. The van der Waals surface area contributed by atoms with Crippen LogP contribution >= 0.6 is 0 Å². The molecule has 2 aromatic rings. The van der Waals surface area contributed by atoms with Crippen LogP contribution in [0.5, 0.6) is 0 Å². The van der Waals surface area contributed by atoms with Crippen LogP contribution in [0, 0.1) is 6.92 Å². The van der Waals surface area contributed by atoms with E-state index in [2.05, 4.69) is 91.3 Å². The van der Waals surface area contributed by atoms with E-state index in [4.69, 9.17) is 0 Å². The van der Waals surface area contributed by atoms with Gasteiger partial charge in [-0.3, -0.25) is 9.59 Å². The first-order valence-electron chi connectivity index (χ1n) is 16.1. The number of aromatic nitrogens is 2. The van der Waals surface area contributed by atoms with Crippen molar-refractivity contribution in [2.24, 2.45) is 0 Å². The average Bonchev–Trinajstić information content (AvgIpc) is 3.43. The Labute approximate surface area is 260 Å². The lowest BCUT2D eigenvalue weighted by atomic mass is 9.87. The number of hydrogen-bond donors (Lipinski definition) is 3. The van der Waals surface area contributed by atoms with Gasteiger partial charge in [-0.25, -0.2) is 9.78 Å². The molecule has 1 unspecified atom stereocenters. The quantitative estimate of drug-likeness (QED) is 0.184. The number of aromatic amines is 1. The van der Waals surface area contributed by atoms with Gasteiger partial charge in [-0.15, -0.1) is 0 Å². The van der Waals surface area contributed by atoms with Gasteiger partial charge in [0, 0.05) is 37.3 Å². The Morgan fingerprint density at radius 1 is 1.09 bits per heavy atom. The number of likely N-dealkylation sites (tertiary alicyclic amines) is 1. The van der Waals surface area contributed by atoms with Gasteiger partial charge >= 0.3 is 6.03 Å². The van der Waals surface area contributed by atoms with Gasteiger partial charge in [0.1, 0.15) is 5.82 Å². The molecule has 1 atom stereocenters. The average molecular weight is 599 g/mol. The molecule has 9 nitrogen and oxygen atoms in total. The van der Waals surface area contributed by atoms with Crippen molar-refractivity contribution in [1.82, 2.24) is 30.4 Å². The number of unbranched alkanes of at least 4 members (excludes halogenated alkanes) is 1. The van der Waals surface area contributed by atoms with Crippen LogP contribution in [0.3, 0.4) is 0 Å². The predicted molar refractivity (Wildman–Crippen MR) is 176 cm³/mol. The number of urea groups is 1. The van der Waals surface area contributed by atoms with Crippen LogP contribution in [0.1, 0.15) is 110 Å². The zero-order valence-corrected chi connectivity index (χ0v) is 28.3. The van der Waals surface area contributed by atoms with Crippen LogP contribution in [0.15, 0.2) is 30.5 Å². The highest BCUT2D eigenvalue weighted by Crippen LogP contribution is 2.26. The van der Waals surface area contributed by atoms with Crippen molar-refractivity contribution in [2.45, 2.75) is 112 Å². The Morgan fingerprint density at radius 2 is 1.72 bits per heavy atom. The second-order valence-corrected chi connectivity index (χ2v) is 11.8. The van der Waals surface area contributed by atoms with Gasteiger partial charge in [0.2, 0.25) is 6.41 Å². The molecule has 242 valence electrons. The molecule has 3 rings (SSSR count). The Bertz CT molecular complexity index is 1070. The lowest BCUT2D eigenvalue weighted by molar-refractivity contribution is -0.120. The highest BCUT2D eigenvalue weighted by Gasteiger charge is 2.34. The van der Waals surface area contributed by atoms with Crippen molar-refractivity contribution in [1.29, 1.82) is 0 Å². The lowest BCUT2D eigenvalue weighted by Crippen LogP contribution is -2.55. The fourth-order valence-electron chi connectivity index (χ4n) is 4.73. The Hall–Kier alpha value is -3.20. The summed E-state index contributed by atoms with van der Waals surface area (Å²) in [6.07, 6.45) is 5.44. The third kappa shape index (κ3) is 13.3. The molecule has 1 aromatic heterocycles. The number of nitrogens with zero attached hydrogens (tertiary/aromatic N) is 3. The molecule has 1 aliphatic heterocycles. The van der Waals surface area contributed by atoms with Crippen molar-refractivity contribution in [3.05, 3.63) is 53.1 Å². The number of H-pyrrole nitrogens is 1. The molecule has 0 bridgehead atoms. The molecule has 2 heterocycles. The van der Waals surface area contributed by atoms with Crippen molar-refractivity contribution >= 4 is 18.2 Å². The standard InChI is InChI=1S/C21H36N6O3.C11H16.C2H6/c1-4-19(29)17(9-7-8-10-26(5-2)6-3)25-21(30)27-13-16(14-27)18-11-23-20(24-18)12-22-15-28;1-9-5-7-10(8-6-9)11(2,3)4;1-2/h11,15-17H,4-10,12-14H2,1-3H3,(H,22,28)(H,23,24)(H,25,30);5-8H,1-4H3;1-2H3. The number of rotatable bonds is 14. The Morgan fingerprint density at radius 3 is 2.26 bits per heavy atom. The van der Waals surface area contributed by atoms with Crippen LogP contribution in [0.4, 0.5) is 4.79 Å². The molecule has 0 spiro atoms. The Kier molecular flexibility index (Phi) is 17.5. The van der Waals surface area contributed by atoms with Gasteiger partial charge in [0.15, 0.2) is 5.78 Å². The summed E-state index contributed by atoms with van der Waals surface area (Å²) in [5.41, 5.74) is 3.98. The van der Waals surface area contributed by atoms with E-state index < -0.39 is 6.04 Å². The van der Waals surface area contributed by atoms with Gasteiger partial charge in [0.25, 0.3) is 0 Å².